The van der Waals surface area contributed by atoms with Crippen LogP contribution in [0.5, 0.6) is 0 Å². The van der Waals surface area contributed by atoms with Gasteiger partial charge in [-0.15, -0.1) is 0 Å². The number of hydrogen-bond acceptors (Lipinski definition) is 2. The van der Waals surface area contributed by atoms with Gasteiger partial charge >= 0.3 is 0 Å². The fraction of sp³-hybridized carbons (Fsp3) is 0.538. The fourth-order valence-electron chi connectivity index (χ4n) is 2.13. The summed E-state index contributed by atoms with van der Waals surface area (Å²) in [6.45, 7) is 4.24. The molecule has 0 heterocycles. The van der Waals surface area contributed by atoms with Crippen molar-refractivity contribution in [2.24, 2.45) is 5.73 Å². The third kappa shape index (κ3) is 2.57. The Morgan fingerprint density at radius 2 is 2.06 bits per heavy atom. The van der Waals surface area contributed by atoms with Crippen molar-refractivity contribution in [3.05, 3.63) is 34.9 Å². The first-order valence-corrected chi connectivity index (χ1v) is 6.05. The SMILES string of the molecule is CCC(N)C(C)(CCO)c1ccccc1Cl. The van der Waals surface area contributed by atoms with Crippen LogP contribution in [-0.2, 0) is 5.41 Å². The lowest BCUT2D eigenvalue weighted by molar-refractivity contribution is 0.223. The molecule has 0 saturated carbocycles. The number of aliphatic hydroxyl groups is 1. The summed E-state index contributed by atoms with van der Waals surface area (Å²) in [5.41, 5.74) is 6.93. The molecule has 0 spiro atoms. The summed E-state index contributed by atoms with van der Waals surface area (Å²) in [4.78, 5) is 0. The van der Waals surface area contributed by atoms with E-state index in [-0.39, 0.29) is 18.1 Å². The summed E-state index contributed by atoms with van der Waals surface area (Å²) in [5, 5.41) is 9.92. The van der Waals surface area contributed by atoms with E-state index < -0.39 is 0 Å². The molecule has 0 bridgehead atoms. The van der Waals surface area contributed by atoms with Gasteiger partial charge < -0.3 is 10.8 Å². The molecule has 0 saturated heterocycles. The second-order valence-electron chi connectivity index (χ2n) is 4.39. The zero-order valence-corrected chi connectivity index (χ0v) is 10.7. The van der Waals surface area contributed by atoms with Crippen molar-refractivity contribution in [3.63, 3.8) is 0 Å². The van der Waals surface area contributed by atoms with Crippen molar-refractivity contribution >= 4 is 11.6 Å². The smallest absolute Gasteiger partial charge is 0.0444 e. The molecule has 2 unspecified atom stereocenters. The highest BCUT2D eigenvalue weighted by molar-refractivity contribution is 6.31. The highest BCUT2D eigenvalue weighted by Gasteiger charge is 2.33. The van der Waals surface area contributed by atoms with Crippen molar-refractivity contribution < 1.29 is 5.11 Å². The maximum absolute atomic E-state index is 9.20. The molecule has 3 N–H and O–H groups in total. The highest BCUT2D eigenvalue weighted by Crippen LogP contribution is 2.35. The second kappa shape index (κ2) is 5.67. The number of aliphatic hydroxyl groups excluding tert-OH is 1. The standard InChI is InChI=1S/C13H20ClNO/c1-3-12(15)13(2,8-9-16)10-6-4-5-7-11(10)14/h4-7,12,16H,3,8-9,15H2,1-2H3. The molecule has 1 aromatic carbocycles. The minimum Gasteiger partial charge on any atom is -0.396 e. The van der Waals surface area contributed by atoms with E-state index in [0.29, 0.717) is 6.42 Å². The molecule has 0 aliphatic carbocycles. The average Bonchev–Trinajstić information content (AvgIpc) is 2.28. The topological polar surface area (TPSA) is 46.2 Å². The van der Waals surface area contributed by atoms with Gasteiger partial charge in [-0.1, -0.05) is 43.6 Å². The average molecular weight is 242 g/mol. The van der Waals surface area contributed by atoms with Crippen LogP contribution in [0.1, 0.15) is 32.3 Å². The van der Waals surface area contributed by atoms with Crippen LogP contribution in [0.25, 0.3) is 0 Å². The summed E-state index contributed by atoms with van der Waals surface area (Å²) < 4.78 is 0. The van der Waals surface area contributed by atoms with Crippen LogP contribution in [0, 0.1) is 0 Å². The molecule has 1 aromatic rings. The van der Waals surface area contributed by atoms with E-state index in [0.717, 1.165) is 17.0 Å². The molecule has 0 fully saturated rings. The molecular formula is C13H20ClNO. The van der Waals surface area contributed by atoms with E-state index in [4.69, 9.17) is 17.3 Å². The van der Waals surface area contributed by atoms with Gasteiger partial charge in [0.2, 0.25) is 0 Å². The minimum absolute atomic E-state index is 0.000417. The van der Waals surface area contributed by atoms with Crippen molar-refractivity contribution in [2.75, 3.05) is 6.61 Å². The first kappa shape index (κ1) is 13.5. The Hall–Kier alpha value is -0.570. The molecule has 0 aliphatic rings. The second-order valence-corrected chi connectivity index (χ2v) is 4.79. The first-order valence-electron chi connectivity index (χ1n) is 5.67. The van der Waals surface area contributed by atoms with Gasteiger partial charge in [-0.2, -0.15) is 0 Å². The van der Waals surface area contributed by atoms with E-state index in [2.05, 4.69) is 13.8 Å². The van der Waals surface area contributed by atoms with Crippen LogP contribution in [-0.4, -0.2) is 17.8 Å². The molecule has 2 nitrogen and oxygen atoms in total. The molecule has 90 valence electrons. The molecule has 0 radical (unpaired) electrons. The van der Waals surface area contributed by atoms with Gasteiger partial charge in [-0.3, -0.25) is 0 Å². The molecule has 0 aliphatic heterocycles. The van der Waals surface area contributed by atoms with Crippen molar-refractivity contribution in [2.45, 2.75) is 38.1 Å². The van der Waals surface area contributed by atoms with Gasteiger partial charge in [0.15, 0.2) is 0 Å². The fourth-order valence-corrected chi connectivity index (χ4v) is 2.48. The van der Waals surface area contributed by atoms with E-state index in [1.165, 1.54) is 0 Å². The van der Waals surface area contributed by atoms with E-state index in [1.54, 1.807) is 0 Å². The van der Waals surface area contributed by atoms with Gasteiger partial charge in [0.05, 0.1) is 0 Å². The monoisotopic (exact) mass is 241 g/mol. The lowest BCUT2D eigenvalue weighted by Crippen LogP contribution is -2.43. The van der Waals surface area contributed by atoms with Gasteiger partial charge in [-0.05, 0) is 24.5 Å². The summed E-state index contributed by atoms with van der Waals surface area (Å²) in [7, 11) is 0. The van der Waals surface area contributed by atoms with Crippen LogP contribution < -0.4 is 5.73 Å². The number of nitrogens with two attached hydrogens (primary N) is 1. The Bertz CT molecular complexity index is 342. The highest BCUT2D eigenvalue weighted by atomic mass is 35.5. The predicted octanol–water partition coefficient (Wildman–Crippen LogP) is 2.72. The van der Waals surface area contributed by atoms with Gasteiger partial charge in [0.1, 0.15) is 0 Å². The predicted molar refractivity (Wildman–Crippen MR) is 68.8 cm³/mol. The van der Waals surface area contributed by atoms with Crippen LogP contribution in [0.2, 0.25) is 5.02 Å². The molecule has 0 aromatic heterocycles. The van der Waals surface area contributed by atoms with Crippen LogP contribution in [0.3, 0.4) is 0 Å². The Kier molecular flexibility index (Phi) is 4.78. The number of halogens is 1. The minimum atomic E-state index is -0.262. The van der Waals surface area contributed by atoms with Gasteiger partial charge in [0, 0.05) is 23.1 Å². The van der Waals surface area contributed by atoms with Gasteiger partial charge in [0.25, 0.3) is 0 Å². The maximum Gasteiger partial charge on any atom is 0.0444 e. The number of rotatable bonds is 5. The summed E-state index contributed by atoms with van der Waals surface area (Å²) in [6, 6.07) is 7.73. The third-order valence-electron chi connectivity index (χ3n) is 3.38. The quantitative estimate of drug-likeness (QED) is 0.833. The first-order chi connectivity index (χ1) is 7.56. The molecule has 0 amide bonds. The lowest BCUT2D eigenvalue weighted by Gasteiger charge is -2.36. The van der Waals surface area contributed by atoms with Crippen LogP contribution in [0.15, 0.2) is 24.3 Å². The van der Waals surface area contributed by atoms with E-state index in [9.17, 15) is 5.11 Å². The molecular weight excluding hydrogens is 222 g/mol. The Balaban J connectivity index is 3.16. The van der Waals surface area contributed by atoms with E-state index in [1.807, 2.05) is 24.3 Å². The Morgan fingerprint density at radius 3 is 2.56 bits per heavy atom. The summed E-state index contributed by atoms with van der Waals surface area (Å²) >= 11 is 6.21. The van der Waals surface area contributed by atoms with Crippen molar-refractivity contribution in [3.8, 4) is 0 Å². The summed E-state index contributed by atoms with van der Waals surface area (Å²) in [5.74, 6) is 0. The lowest BCUT2D eigenvalue weighted by atomic mass is 9.73. The largest absolute Gasteiger partial charge is 0.396 e. The summed E-state index contributed by atoms with van der Waals surface area (Å²) in [6.07, 6.45) is 1.49. The third-order valence-corrected chi connectivity index (χ3v) is 3.71. The molecule has 16 heavy (non-hydrogen) atoms. The molecule has 2 atom stereocenters. The molecule has 3 heteroatoms. The number of hydrogen-bond donors (Lipinski definition) is 2. The van der Waals surface area contributed by atoms with E-state index >= 15 is 0 Å². The van der Waals surface area contributed by atoms with Crippen molar-refractivity contribution in [1.29, 1.82) is 0 Å². The maximum atomic E-state index is 9.20. The van der Waals surface area contributed by atoms with Crippen LogP contribution >= 0.6 is 11.6 Å². The Morgan fingerprint density at radius 1 is 1.44 bits per heavy atom. The normalized spacial score (nSPS) is 16.8. The zero-order valence-electron chi connectivity index (χ0n) is 9.91. The Labute approximate surface area is 102 Å². The number of benzene rings is 1. The zero-order chi connectivity index (χ0) is 12.2. The van der Waals surface area contributed by atoms with Crippen molar-refractivity contribution in [1.82, 2.24) is 0 Å². The molecule has 1 rings (SSSR count). The van der Waals surface area contributed by atoms with Gasteiger partial charge in [-0.25, -0.2) is 0 Å². The van der Waals surface area contributed by atoms with Crippen LogP contribution in [0.4, 0.5) is 0 Å².